The summed E-state index contributed by atoms with van der Waals surface area (Å²) in [5.74, 6) is -2.11. The maximum Gasteiger partial charge on any atom is 0.466 e. The number of hydrogen-bond donors (Lipinski definition) is 0. The van der Waals surface area contributed by atoms with Crippen LogP contribution in [0.5, 0.6) is 0 Å². The van der Waals surface area contributed by atoms with E-state index in [9.17, 15) is 13.2 Å². The number of carbonyl (C=O) groups excluding carboxylic acids is 1. The molecule has 0 aliphatic heterocycles. The Bertz CT molecular complexity index is 1120. The topological polar surface area (TPSA) is 69.7 Å². The van der Waals surface area contributed by atoms with Gasteiger partial charge in [0.05, 0.1) is 0 Å². The Morgan fingerprint density at radius 1 is 0.735 bits per heavy atom. The lowest BCUT2D eigenvalue weighted by molar-refractivity contribution is -0.166. The van der Waals surface area contributed by atoms with E-state index in [0.29, 0.717) is 27.5 Å². The van der Waals surface area contributed by atoms with Crippen LogP contribution in [0.2, 0.25) is 0 Å². The molecule has 0 spiro atoms. The van der Waals surface area contributed by atoms with Crippen LogP contribution in [0.3, 0.4) is 0 Å². The van der Waals surface area contributed by atoms with Gasteiger partial charge in [-0.3, -0.25) is 0 Å². The van der Waals surface area contributed by atoms with Crippen LogP contribution in [0.4, 0.5) is 8.78 Å². The van der Waals surface area contributed by atoms with Crippen molar-refractivity contribution < 1.29 is 30.4 Å². The predicted octanol–water partition coefficient (Wildman–Crippen LogP) is 6.31. The van der Waals surface area contributed by atoms with E-state index in [1.807, 2.05) is 0 Å². The third-order valence-electron chi connectivity index (χ3n) is 5.54. The summed E-state index contributed by atoms with van der Waals surface area (Å²) in [5.41, 5.74) is 0. The number of ether oxygens (including phenoxy) is 1. The molecule has 0 bridgehead atoms. The molecule has 0 saturated heterocycles. The lowest BCUT2D eigenvalue weighted by Gasteiger charge is -2.39. The summed E-state index contributed by atoms with van der Waals surface area (Å²) in [6.45, 7) is 0. The molecule has 0 unspecified atom stereocenters. The molecule has 3 aromatic rings. The van der Waals surface area contributed by atoms with E-state index in [1.165, 1.54) is 0 Å². The fourth-order valence-electron chi connectivity index (χ4n) is 3.87. The van der Waals surface area contributed by atoms with Gasteiger partial charge in [-0.2, -0.15) is 17.2 Å². The first-order chi connectivity index (χ1) is 16.3. The van der Waals surface area contributed by atoms with E-state index in [-0.39, 0.29) is 0 Å². The molecule has 1 aliphatic carbocycles. The number of benzene rings is 3. The molecule has 1 fully saturated rings. The number of esters is 1. The zero-order valence-corrected chi connectivity index (χ0v) is 19.8. The third-order valence-corrected chi connectivity index (χ3v) is 10.7. The van der Waals surface area contributed by atoms with E-state index >= 15 is 8.78 Å². The van der Waals surface area contributed by atoms with E-state index in [1.54, 1.807) is 91.0 Å². The maximum absolute atomic E-state index is 15.2. The highest BCUT2D eigenvalue weighted by atomic mass is 32.3. The minimum atomic E-state index is -5.77. The lowest BCUT2D eigenvalue weighted by atomic mass is 10.3. The normalized spacial score (nSPS) is 15.7. The molecule has 3 aromatic carbocycles. The molecule has 0 N–H and O–H groups in total. The van der Waals surface area contributed by atoms with E-state index in [0.717, 1.165) is 12.8 Å². The van der Waals surface area contributed by atoms with Crippen LogP contribution >= 0.6 is 10.3 Å². The average Bonchev–Trinajstić information content (AvgIpc) is 3.37. The molecule has 0 amide bonds. The zero-order valence-electron chi connectivity index (χ0n) is 18.2. The lowest BCUT2D eigenvalue weighted by Crippen LogP contribution is -2.42. The van der Waals surface area contributed by atoms with Crippen molar-refractivity contribution in [2.24, 2.45) is 0 Å². The molecule has 0 radical (unpaired) electrons. The highest BCUT2D eigenvalue weighted by molar-refractivity contribution is 8.33. The Kier molecular flexibility index (Phi) is 7.06. The van der Waals surface area contributed by atoms with E-state index in [2.05, 4.69) is 0 Å². The Morgan fingerprint density at radius 3 is 1.50 bits per heavy atom. The van der Waals surface area contributed by atoms with Gasteiger partial charge in [-0.15, -0.1) is 0 Å². The van der Waals surface area contributed by atoms with Gasteiger partial charge in [0.2, 0.25) is 0 Å². The Balaban J connectivity index is 1.85. The maximum atomic E-state index is 15.2. The Labute approximate surface area is 199 Å². The van der Waals surface area contributed by atoms with Crippen molar-refractivity contribution in [1.82, 2.24) is 0 Å². The van der Waals surface area contributed by atoms with Crippen molar-refractivity contribution in [1.29, 1.82) is 0 Å². The predicted molar refractivity (Wildman–Crippen MR) is 125 cm³/mol. The molecule has 34 heavy (non-hydrogen) atoms. The van der Waals surface area contributed by atoms with Gasteiger partial charge in [0.1, 0.15) is 6.10 Å². The van der Waals surface area contributed by atoms with Gasteiger partial charge in [-0.1, -0.05) is 54.6 Å². The van der Waals surface area contributed by atoms with Gasteiger partial charge >= 0.3 is 21.3 Å². The number of halogens is 2. The molecule has 1 aliphatic rings. The van der Waals surface area contributed by atoms with Gasteiger partial charge in [0.15, 0.2) is 0 Å². The van der Waals surface area contributed by atoms with Crippen molar-refractivity contribution in [2.75, 3.05) is 0 Å². The van der Waals surface area contributed by atoms with Crippen LogP contribution in [0, 0.1) is 0 Å². The molecule has 0 atom stereocenters. The minimum Gasteiger partial charge on any atom is -0.457 e. The summed E-state index contributed by atoms with van der Waals surface area (Å²) in [5, 5.41) is -4.88. The van der Waals surface area contributed by atoms with Gasteiger partial charge in [0.25, 0.3) is 0 Å². The van der Waals surface area contributed by atoms with Crippen molar-refractivity contribution in [3.8, 4) is 0 Å². The zero-order chi connectivity index (χ0) is 24.2. The smallest absolute Gasteiger partial charge is 0.457 e. The van der Waals surface area contributed by atoms with Crippen molar-refractivity contribution in [3.05, 3.63) is 91.0 Å². The van der Waals surface area contributed by atoms with Crippen LogP contribution in [0.15, 0.2) is 106 Å². The first-order valence-electron chi connectivity index (χ1n) is 10.8. The monoisotopic (exact) mass is 506 g/mol. The van der Waals surface area contributed by atoms with Crippen LogP contribution in [0.1, 0.15) is 25.7 Å². The summed E-state index contributed by atoms with van der Waals surface area (Å²) in [6, 6.07) is 25.0. The van der Waals surface area contributed by atoms with Crippen LogP contribution in [0.25, 0.3) is 0 Å². The van der Waals surface area contributed by atoms with Gasteiger partial charge in [-0.25, -0.2) is 8.42 Å². The third kappa shape index (κ3) is 4.60. The molecule has 180 valence electrons. The molecule has 4 rings (SSSR count). The van der Waals surface area contributed by atoms with Crippen molar-refractivity contribution in [2.45, 2.75) is 51.7 Å². The van der Waals surface area contributed by atoms with E-state index < -0.39 is 37.8 Å². The van der Waals surface area contributed by atoms with Crippen molar-refractivity contribution >= 4 is 26.4 Å². The Morgan fingerprint density at radius 2 is 1.12 bits per heavy atom. The number of carbonyl (C=O) groups is 1. The molecule has 0 heterocycles. The van der Waals surface area contributed by atoms with Crippen LogP contribution in [-0.4, -0.2) is 25.7 Å². The van der Waals surface area contributed by atoms with Gasteiger partial charge in [-0.05, 0) is 72.4 Å². The van der Waals surface area contributed by atoms with Crippen molar-refractivity contribution in [3.63, 3.8) is 0 Å². The van der Waals surface area contributed by atoms with Gasteiger partial charge in [0, 0.05) is 14.7 Å². The van der Waals surface area contributed by atoms with Gasteiger partial charge < -0.3 is 4.74 Å². The summed E-state index contributed by atoms with van der Waals surface area (Å²) in [7, 11) is -8.98. The quantitative estimate of drug-likeness (QED) is 0.335. The minimum absolute atomic E-state index is 0.385. The molecule has 1 saturated carbocycles. The molecule has 0 aromatic heterocycles. The second-order valence-electron chi connectivity index (χ2n) is 7.85. The summed E-state index contributed by atoms with van der Waals surface area (Å²) >= 11 is 0. The largest absolute Gasteiger partial charge is 0.466 e. The first kappa shape index (κ1) is 24.4. The highest BCUT2D eigenvalue weighted by Gasteiger charge is 2.59. The molecule has 9 heteroatoms. The Hall–Kier alpha value is -2.75. The van der Waals surface area contributed by atoms with E-state index in [4.69, 9.17) is 8.37 Å². The molecule has 5 nitrogen and oxygen atoms in total. The number of rotatable bonds is 8. The second kappa shape index (κ2) is 9.85. The summed E-state index contributed by atoms with van der Waals surface area (Å²) in [6.07, 6.45) is 1.60. The average molecular weight is 507 g/mol. The highest BCUT2D eigenvalue weighted by Crippen LogP contribution is 2.70. The SMILES string of the molecule is O=C(OC1CCCC1)C(F)(F)S(=O)(=O)OS(c1ccccc1)(c1ccccc1)c1ccccc1. The fraction of sp³-hybridized carbons (Fsp3) is 0.240. The summed E-state index contributed by atoms with van der Waals surface area (Å²) in [4.78, 5) is 13.5. The fourth-order valence-corrected chi connectivity index (χ4v) is 8.92. The molecular formula is C25H24F2O5S2. The molecular weight excluding hydrogens is 482 g/mol. The summed E-state index contributed by atoms with van der Waals surface area (Å²) < 4.78 is 67.0. The van der Waals surface area contributed by atoms with Crippen LogP contribution in [-0.2, 0) is 23.3 Å². The number of hydrogen-bond acceptors (Lipinski definition) is 5. The van der Waals surface area contributed by atoms with Crippen LogP contribution < -0.4 is 0 Å². The standard InChI is InChI=1S/C25H24F2O5S2/c26-25(27,24(28)31-20-12-10-11-13-20)34(29,30)32-33(21-14-4-1-5-15-21,22-16-6-2-7-17-22)23-18-8-3-9-19-23/h1-9,14-20H,10-13H2. The number of alkyl halides is 2. The second-order valence-corrected chi connectivity index (χ2v) is 12.3. The first-order valence-corrected chi connectivity index (χ1v) is 13.8.